The number of hydrogen-bond acceptors (Lipinski definition) is 6. The zero-order valence-corrected chi connectivity index (χ0v) is 20.5. The van der Waals surface area contributed by atoms with E-state index in [0.29, 0.717) is 28.3 Å². The Morgan fingerprint density at radius 1 is 1.14 bits per heavy atom. The van der Waals surface area contributed by atoms with Crippen LogP contribution in [-0.4, -0.2) is 36.0 Å². The van der Waals surface area contributed by atoms with Crippen LogP contribution in [0.1, 0.15) is 44.9 Å². The molecule has 3 aromatic heterocycles. The van der Waals surface area contributed by atoms with Gasteiger partial charge in [0.15, 0.2) is 23.0 Å². The van der Waals surface area contributed by atoms with E-state index in [-0.39, 0.29) is 29.6 Å². The number of rotatable bonds is 4. The molecule has 5 rings (SSSR count). The van der Waals surface area contributed by atoms with Crippen LogP contribution >= 0.6 is 0 Å². The Kier molecular flexibility index (Phi) is 5.33. The maximum absolute atomic E-state index is 15.1. The van der Waals surface area contributed by atoms with E-state index < -0.39 is 22.8 Å². The Hall–Kier alpha value is -3.92. The maximum atomic E-state index is 15.1. The number of pyridine rings is 1. The molecule has 1 aliphatic heterocycles. The Labute approximate surface area is 206 Å². The molecule has 0 spiro atoms. The van der Waals surface area contributed by atoms with Gasteiger partial charge in [0.1, 0.15) is 17.1 Å². The van der Waals surface area contributed by atoms with Gasteiger partial charge in [0.05, 0.1) is 23.6 Å². The van der Waals surface area contributed by atoms with Crippen molar-refractivity contribution in [1.29, 1.82) is 0 Å². The smallest absolute Gasteiger partial charge is 0.271 e. The lowest BCUT2D eigenvalue weighted by Crippen LogP contribution is -2.52. The first-order valence-corrected chi connectivity index (χ1v) is 11.4. The van der Waals surface area contributed by atoms with Gasteiger partial charge >= 0.3 is 0 Å². The normalized spacial score (nSPS) is 15.2. The number of nitrogens with zero attached hydrogens (tertiary/aromatic N) is 5. The van der Waals surface area contributed by atoms with E-state index in [0.717, 1.165) is 0 Å². The zero-order valence-electron chi connectivity index (χ0n) is 20.5. The van der Waals surface area contributed by atoms with Crippen molar-refractivity contribution in [3.63, 3.8) is 0 Å². The van der Waals surface area contributed by atoms with E-state index in [1.54, 1.807) is 51.3 Å². The highest BCUT2D eigenvalue weighted by Gasteiger charge is 2.42. The van der Waals surface area contributed by atoms with Gasteiger partial charge in [-0.15, -0.1) is 0 Å². The van der Waals surface area contributed by atoms with Crippen molar-refractivity contribution < 1.29 is 23.4 Å². The molecule has 0 bridgehead atoms. The second kappa shape index (κ2) is 8.06. The Balaban J connectivity index is 1.61. The Morgan fingerprint density at radius 2 is 1.83 bits per heavy atom. The molecule has 0 aliphatic carbocycles. The number of amides is 1. The first-order chi connectivity index (χ1) is 16.9. The second-order valence-electron chi connectivity index (χ2n) is 9.85. The lowest BCUT2D eigenvalue weighted by molar-refractivity contribution is -0.133. The molecule has 10 heteroatoms. The third-order valence-corrected chi connectivity index (χ3v) is 6.18. The molecule has 1 aliphatic rings. The number of carbonyl (C=O) groups excluding carboxylic acids is 1. The van der Waals surface area contributed by atoms with Gasteiger partial charge < -0.3 is 14.2 Å². The molecule has 0 fully saturated rings. The standard InChI is InChI=1S/C26H25F2N5O3/c1-14-20(13-33-19-8-6-7-17(27)22(19)36-26(4,5)24(33)34)32-12-16(18(28)9-21(32)31-14)15-10-29-23(30-11-15)25(2,3)35/h6-12,35H,13H2,1-5H3. The number of halogens is 2. The molecule has 36 heavy (non-hydrogen) atoms. The van der Waals surface area contributed by atoms with Crippen LogP contribution < -0.4 is 9.64 Å². The van der Waals surface area contributed by atoms with Crippen LogP contribution in [-0.2, 0) is 16.9 Å². The molecule has 1 aromatic carbocycles. The minimum absolute atomic E-state index is 0.00403. The third kappa shape index (κ3) is 3.87. The van der Waals surface area contributed by atoms with Gasteiger partial charge in [0.25, 0.3) is 5.91 Å². The molecule has 0 saturated carbocycles. The largest absolute Gasteiger partial charge is 0.473 e. The number of benzene rings is 1. The molecule has 1 N–H and O–H groups in total. The van der Waals surface area contributed by atoms with Crippen LogP contribution in [0, 0.1) is 18.6 Å². The second-order valence-corrected chi connectivity index (χ2v) is 9.85. The quantitative estimate of drug-likeness (QED) is 0.456. The summed E-state index contributed by atoms with van der Waals surface area (Å²) in [6, 6.07) is 5.72. The summed E-state index contributed by atoms with van der Waals surface area (Å²) in [5, 5.41) is 10.1. The summed E-state index contributed by atoms with van der Waals surface area (Å²) in [6.07, 6.45) is 4.47. The topological polar surface area (TPSA) is 92.9 Å². The maximum Gasteiger partial charge on any atom is 0.271 e. The molecule has 4 aromatic rings. The molecule has 4 heterocycles. The fourth-order valence-corrected chi connectivity index (χ4v) is 4.27. The number of ether oxygens (including phenoxy) is 1. The fourth-order valence-electron chi connectivity index (χ4n) is 4.27. The average molecular weight is 494 g/mol. The first-order valence-electron chi connectivity index (χ1n) is 11.4. The number of carbonyl (C=O) groups is 1. The average Bonchev–Trinajstić information content (AvgIpc) is 3.10. The molecular formula is C26H25F2N5O3. The number of aromatic nitrogens is 4. The molecule has 0 radical (unpaired) electrons. The molecular weight excluding hydrogens is 468 g/mol. The summed E-state index contributed by atoms with van der Waals surface area (Å²) in [5.74, 6) is -1.20. The van der Waals surface area contributed by atoms with Crippen molar-refractivity contribution in [2.45, 2.75) is 52.4 Å². The molecule has 8 nitrogen and oxygen atoms in total. The molecule has 186 valence electrons. The number of aliphatic hydroxyl groups is 1. The minimum Gasteiger partial charge on any atom is -0.473 e. The highest BCUT2D eigenvalue weighted by atomic mass is 19.1. The summed E-state index contributed by atoms with van der Waals surface area (Å²) in [4.78, 5) is 27.6. The van der Waals surface area contributed by atoms with Crippen LogP contribution in [0.5, 0.6) is 5.75 Å². The van der Waals surface area contributed by atoms with Gasteiger partial charge in [0, 0.05) is 35.8 Å². The predicted molar refractivity (Wildman–Crippen MR) is 128 cm³/mol. The van der Waals surface area contributed by atoms with Gasteiger partial charge in [-0.05, 0) is 46.8 Å². The first kappa shape index (κ1) is 23.8. The van der Waals surface area contributed by atoms with E-state index in [4.69, 9.17) is 4.74 Å². The summed E-state index contributed by atoms with van der Waals surface area (Å²) >= 11 is 0. The van der Waals surface area contributed by atoms with E-state index in [1.165, 1.54) is 35.5 Å². The Morgan fingerprint density at radius 3 is 2.50 bits per heavy atom. The SMILES string of the molecule is Cc1nc2cc(F)c(-c3cnc(C(C)(C)O)nc3)cn2c1CN1C(=O)C(C)(C)Oc2c(F)cccc21. The van der Waals surface area contributed by atoms with Crippen molar-refractivity contribution in [3.05, 3.63) is 71.7 Å². The molecule has 0 atom stereocenters. The Bertz CT molecular complexity index is 1510. The van der Waals surface area contributed by atoms with Crippen molar-refractivity contribution in [1.82, 2.24) is 19.4 Å². The third-order valence-electron chi connectivity index (χ3n) is 6.18. The zero-order chi connectivity index (χ0) is 26.0. The monoisotopic (exact) mass is 493 g/mol. The fraction of sp³-hybridized carbons (Fsp3) is 0.308. The lowest BCUT2D eigenvalue weighted by Gasteiger charge is -2.38. The number of para-hydroxylation sites is 1. The van der Waals surface area contributed by atoms with Gasteiger partial charge in [-0.3, -0.25) is 9.69 Å². The van der Waals surface area contributed by atoms with Crippen molar-refractivity contribution in [3.8, 4) is 16.9 Å². The number of aryl methyl sites for hydroxylation is 1. The van der Waals surface area contributed by atoms with Crippen LogP contribution in [0.3, 0.4) is 0 Å². The van der Waals surface area contributed by atoms with Crippen molar-refractivity contribution in [2.24, 2.45) is 0 Å². The summed E-state index contributed by atoms with van der Waals surface area (Å²) in [7, 11) is 0. The van der Waals surface area contributed by atoms with Gasteiger partial charge in [-0.2, -0.15) is 0 Å². The van der Waals surface area contributed by atoms with Gasteiger partial charge in [0.2, 0.25) is 0 Å². The van der Waals surface area contributed by atoms with Crippen LogP contribution in [0.15, 0.2) is 42.9 Å². The van der Waals surface area contributed by atoms with E-state index in [2.05, 4.69) is 15.0 Å². The van der Waals surface area contributed by atoms with Crippen molar-refractivity contribution >= 4 is 17.2 Å². The van der Waals surface area contributed by atoms with Gasteiger partial charge in [-0.1, -0.05) is 6.07 Å². The highest BCUT2D eigenvalue weighted by Crippen LogP contribution is 2.40. The van der Waals surface area contributed by atoms with E-state index in [1.807, 2.05) is 0 Å². The van der Waals surface area contributed by atoms with Crippen LogP contribution in [0.4, 0.5) is 14.5 Å². The van der Waals surface area contributed by atoms with E-state index >= 15 is 4.39 Å². The van der Waals surface area contributed by atoms with Gasteiger partial charge in [-0.25, -0.2) is 23.7 Å². The predicted octanol–water partition coefficient (Wildman–Crippen LogP) is 4.31. The van der Waals surface area contributed by atoms with Crippen LogP contribution in [0.2, 0.25) is 0 Å². The summed E-state index contributed by atoms with van der Waals surface area (Å²) < 4.78 is 37.0. The summed E-state index contributed by atoms with van der Waals surface area (Å²) in [5.41, 5.74) is 0.0180. The number of hydrogen-bond donors (Lipinski definition) is 1. The molecule has 0 unspecified atom stereocenters. The number of fused-ring (bicyclic) bond motifs is 2. The van der Waals surface area contributed by atoms with E-state index in [9.17, 15) is 14.3 Å². The van der Waals surface area contributed by atoms with Crippen LogP contribution in [0.25, 0.3) is 16.8 Å². The number of imidazole rings is 1. The molecule has 0 saturated heterocycles. The lowest BCUT2D eigenvalue weighted by atomic mass is 10.0. The number of anilines is 1. The minimum atomic E-state index is -1.28. The highest BCUT2D eigenvalue weighted by molar-refractivity contribution is 6.02. The van der Waals surface area contributed by atoms with Crippen molar-refractivity contribution in [2.75, 3.05) is 4.90 Å². The molecule has 1 amide bonds. The summed E-state index contributed by atoms with van der Waals surface area (Å²) in [6.45, 7) is 8.13.